The monoisotopic (exact) mass is 811 g/mol. The zero-order valence-corrected chi connectivity index (χ0v) is 35.5. The molecule has 0 bridgehead atoms. The number of imidazole rings is 1. The number of hydrogen-bond acceptors (Lipinski definition) is 1. The summed E-state index contributed by atoms with van der Waals surface area (Å²) in [5.41, 5.74) is 15.8. The largest absolute Gasteiger partial charge is 0.458 e. The van der Waals surface area contributed by atoms with Crippen molar-refractivity contribution >= 4 is 32.8 Å². The van der Waals surface area contributed by atoms with Gasteiger partial charge in [-0.3, -0.25) is 9.13 Å². The number of hydrogen-bond donors (Lipinski definition) is 0. The second-order valence-corrected chi connectivity index (χ2v) is 17.2. The summed E-state index contributed by atoms with van der Waals surface area (Å²) >= 11 is 0. The lowest BCUT2D eigenvalue weighted by Gasteiger charge is -2.22. The molecule has 0 aliphatic carbocycles. The van der Waals surface area contributed by atoms with Crippen LogP contribution in [-0.2, 0) is 5.41 Å². The summed E-state index contributed by atoms with van der Waals surface area (Å²) in [7, 11) is 0. The third-order valence-electron chi connectivity index (χ3n) is 12.1. The lowest BCUT2D eigenvalue weighted by molar-refractivity contribution is -0.571. The van der Waals surface area contributed by atoms with Crippen molar-refractivity contribution in [2.45, 2.75) is 26.2 Å². The Bertz CT molecular complexity index is 3450. The van der Waals surface area contributed by atoms with Crippen molar-refractivity contribution in [3.63, 3.8) is 0 Å². The first-order valence-electron chi connectivity index (χ1n) is 21.6. The molecule has 4 heteroatoms. The fourth-order valence-corrected chi connectivity index (χ4v) is 8.91. The summed E-state index contributed by atoms with van der Waals surface area (Å²) < 4.78 is 13.5. The van der Waals surface area contributed by atoms with Crippen LogP contribution in [0.15, 0.2) is 218 Å². The molecule has 0 saturated heterocycles. The van der Waals surface area contributed by atoms with Gasteiger partial charge in [0.25, 0.3) is 6.33 Å². The van der Waals surface area contributed by atoms with Crippen molar-refractivity contribution in [3.8, 4) is 61.9 Å². The normalized spacial score (nSPS) is 11.7. The minimum atomic E-state index is -0.0644. The Morgan fingerprint density at radius 2 is 1.10 bits per heavy atom. The molecule has 0 aliphatic rings. The molecular weight excluding hydrogens is 767 g/mol. The third kappa shape index (κ3) is 7.06. The summed E-state index contributed by atoms with van der Waals surface area (Å²) in [4.78, 5) is 0. The van der Waals surface area contributed by atoms with E-state index in [0.717, 1.165) is 61.8 Å². The minimum Gasteiger partial charge on any atom is -0.458 e. The number of ether oxygens (including phenoxy) is 1. The minimum absolute atomic E-state index is 0.0644. The molecule has 2 aromatic heterocycles. The molecule has 0 unspecified atom stereocenters. The Kier molecular flexibility index (Phi) is 9.35. The van der Waals surface area contributed by atoms with Crippen molar-refractivity contribution in [2.75, 3.05) is 0 Å². The molecule has 11 rings (SSSR count). The first kappa shape index (κ1) is 38.0. The lowest BCUT2D eigenvalue weighted by Crippen LogP contribution is -2.30. The van der Waals surface area contributed by atoms with E-state index in [1.807, 2.05) is 6.07 Å². The molecule has 0 saturated carbocycles. The predicted molar refractivity (Wildman–Crippen MR) is 260 cm³/mol. The van der Waals surface area contributed by atoms with Gasteiger partial charge in [0.15, 0.2) is 0 Å². The summed E-state index contributed by atoms with van der Waals surface area (Å²) in [6.07, 6.45) is 3.71. The van der Waals surface area contributed by atoms with E-state index in [4.69, 9.17) is 4.74 Å². The highest BCUT2D eigenvalue weighted by Crippen LogP contribution is 2.40. The number of aromatic nitrogens is 3. The van der Waals surface area contributed by atoms with Gasteiger partial charge in [0.05, 0.1) is 33.4 Å². The molecule has 302 valence electrons. The first-order valence-corrected chi connectivity index (χ1v) is 21.6. The molecule has 0 atom stereocenters. The first-order chi connectivity index (χ1) is 30.9. The van der Waals surface area contributed by atoms with Crippen LogP contribution >= 0.6 is 0 Å². The van der Waals surface area contributed by atoms with Crippen LogP contribution < -0.4 is 9.30 Å². The Morgan fingerprint density at radius 1 is 0.429 bits per heavy atom. The van der Waals surface area contributed by atoms with Gasteiger partial charge in [-0.15, -0.1) is 0 Å². The molecule has 0 fully saturated rings. The van der Waals surface area contributed by atoms with Crippen LogP contribution in [0, 0.1) is 6.33 Å². The van der Waals surface area contributed by atoms with Crippen molar-refractivity contribution in [1.82, 2.24) is 9.13 Å². The van der Waals surface area contributed by atoms with Gasteiger partial charge in [-0.1, -0.05) is 172 Å². The maximum Gasteiger partial charge on any atom is 0.269 e. The second-order valence-electron chi connectivity index (χ2n) is 17.2. The van der Waals surface area contributed by atoms with E-state index >= 15 is 0 Å². The molecule has 0 spiro atoms. The average Bonchev–Trinajstić information content (AvgIpc) is 3.88. The summed E-state index contributed by atoms with van der Waals surface area (Å²) in [5, 5.41) is 2.36. The number of nitrogens with zero attached hydrogens (tertiary/aromatic N) is 3. The SMILES string of the molecule is CC(C)(C)c1cc(-c2ccccc2)cc(-n2c3ccc(-c4ccccc4)cc3c3ccc(Oc4cccc(-n5[c-][n+](-c6ccccc6-c6ccccc6)c6ccccc65)c4)cc32)c1. The van der Waals surface area contributed by atoms with Gasteiger partial charge >= 0.3 is 0 Å². The van der Waals surface area contributed by atoms with E-state index in [9.17, 15) is 0 Å². The van der Waals surface area contributed by atoms with Crippen molar-refractivity contribution < 1.29 is 9.30 Å². The van der Waals surface area contributed by atoms with Crippen molar-refractivity contribution in [3.05, 3.63) is 230 Å². The maximum atomic E-state index is 6.83. The Labute approximate surface area is 368 Å². The van der Waals surface area contributed by atoms with E-state index in [-0.39, 0.29) is 5.41 Å². The maximum absolute atomic E-state index is 6.83. The van der Waals surface area contributed by atoms with E-state index in [1.165, 1.54) is 38.6 Å². The van der Waals surface area contributed by atoms with Gasteiger partial charge < -0.3 is 9.30 Å². The van der Waals surface area contributed by atoms with Gasteiger partial charge in [-0.05, 0) is 105 Å². The van der Waals surface area contributed by atoms with E-state index < -0.39 is 0 Å². The quantitative estimate of drug-likeness (QED) is 0.111. The molecule has 0 N–H and O–H groups in total. The predicted octanol–water partition coefficient (Wildman–Crippen LogP) is 14.9. The van der Waals surface area contributed by atoms with Gasteiger partial charge in [0.2, 0.25) is 0 Å². The van der Waals surface area contributed by atoms with Crippen LogP contribution in [0.3, 0.4) is 0 Å². The summed E-state index contributed by atoms with van der Waals surface area (Å²) in [6, 6.07) is 77.5. The number of para-hydroxylation sites is 3. The molecular formula is C59H45N3O. The van der Waals surface area contributed by atoms with Crippen molar-refractivity contribution in [1.29, 1.82) is 0 Å². The molecule has 11 aromatic rings. The number of rotatable bonds is 8. The topological polar surface area (TPSA) is 23.0 Å². The summed E-state index contributed by atoms with van der Waals surface area (Å²) in [5.74, 6) is 1.50. The fourth-order valence-electron chi connectivity index (χ4n) is 8.91. The van der Waals surface area contributed by atoms with Crippen LogP contribution in [0.4, 0.5) is 0 Å². The highest BCUT2D eigenvalue weighted by molar-refractivity contribution is 6.11. The number of benzene rings is 9. The van der Waals surface area contributed by atoms with E-state index in [2.05, 4.69) is 253 Å². The number of fused-ring (bicyclic) bond motifs is 4. The van der Waals surface area contributed by atoms with Gasteiger partial charge in [0, 0.05) is 22.5 Å². The zero-order chi connectivity index (χ0) is 42.5. The van der Waals surface area contributed by atoms with Crippen LogP contribution in [0.1, 0.15) is 26.3 Å². The van der Waals surface area contributed by atoms with E-state index in [1.54, 1.807) is 0 Å². The van der Waals surface area contributed by atoms with Crippen LogP contribution in [-0.4, -0.2) is 9.13 Å². The van der Waals surface area contributed by atoms with Crippen LogP contribution in [0.25, 0.3) is 83.3 Å². The lowest BCUT2D eigenvalue weighted by atomic mass is 9.85. The highest BCUT2D eigenvalue weighted by atomic mass is 16.5. The average molecular weight is 812 g/mol. The fraction of sp³-hybridized carbons (Fsp3) is 0.0678. The van der Waals surface area contributed by atoms with Gasteiger partial charge in [0.1, 0.15) is 11.5 Å². The van der Waals surface area contributed by atoms with Crippen molar-refractivity contribution in [2.24, 2.45) is 0 Å². The van der Waals surface area contributed by atoms with Gasteiger partial charge in [-0.25, -0.2) is 0 Å². The van der Waals surface area contributed by atoms with Gasteiger partial charge in [-0.2, -0.15) is 0 Å². The van der Waals surface area contributed by atoms with Crippen LogP contribution in [0.2, 0.25) is 0 Å². The molecule has 0 radical (unpaired) electrons. The molecule has 0 aliphatic heterocycles. The molecule has 0 amide bonds. The smallest absolute Gasteiger partial charge is 0.269 e. The standard InChI is InChI=1S/C59H45N3O/c1-59(2,3)46-34-45(42-20-9-5-10-21-42)35-48(37-46)62-55-33-30-44(41-18-7-4-8-19-41)36-53(55)52-32-31-50(39-58(52)62)63-49-25-17-24-47(38-49)60-40-61(57-29-16-15-28-56(57)60)54-27-14-13-26-51(54)43-22-11-6-12-23-43/h4-39H,1-3H3. The molecule has 63 heavy (non-hydrogen) atoms. The third-order valence-corrected chi connectivity index (χ3v) is 12.1. The molecule has 4 nitrogen and oxygen atoms in total. The zero-order valence-electron chi connectivity index (χ0n) is 35.5. The molecule has 9 aromatic carbocycles. The highest BCUT2D eigenvalue weighted by Gasteiger charge is 2.21. The Hall–Kier alpha value is -7.95. The Morgan fingerprint density at radius 3 is 1.86 bits per heavy atom. The van der Waals surface area contributed by atoms with E-state index in [0.29, 0.717) is 0 Å². The molecule has 2 heterocycles. The van der Waals surface area contributed by atoms with Crippen LogP contribution in [0.5, 0.6) is 11.5 Å². The Balaban J connectivity index is 1.04. The summed E-state index contributed by atoms with van der Waals surface area (Å²) in [6.45, 7) is 6.86. The second kappa shape index (κ2) is 15.5.